The van der Waals surface area contributed by atoms with Crippen LogP contribution in [0.25, 0.3) is 0 Å². The van der Waals surface area contributed by atoms with E-state index in [0.29, 0.717) is 4.34 Å². The molecule has 0 amide bonds. The van der Waals surface area contributed by atoms with Crippen LogP contribution in [0.15, 0.2) is 16.2 Å². The molecule has 0 N–H and O–H groups in total. The third-order valence-corrected chi connectivity index (χ3v) is 3.29. The Hall–Kier alpha value is -0.270. The van der Waals surface area contributed by atoms with Crippen LogP contribution in [0.1, 0.15) is 6.42 Å². The summed E-state index contributed by atoms with van der Waals surface area (Å²) in [7, 11) is 0. The van der Waals surface area contributed by atoms with Crippen molar-refractivity contribution in [2.24, 2.45) is 0 Å². The van der Waals surface area contributed by atoms with Gasteiger partial charge in [0.15, 0.2) is 10.2 Å². The highest BCUT2D eigenvalue weighted by Crippen LogP contribution is 2.27. The van der Waals surface area contributed by atoms with Gasteiger partial charge in [-0.25, -0.2) is 4.39 Å². The normalized spacial score (nSPS) is 10.3. The highest BCUT2D eigenvalue weighted by molar-refractivity contribution is 8.01. The molecule has 0 aliphatic carbocycles. The minimum Gasteiger partial charge on any atom is -0.206 e. The number of allylic oxidation sites excluding steroid dienone is 1. The minimum absolute atomic E-state index is 0.189. The van der Waals surface area contributed by atoms with Crippen molar-refractivity contribution in [3.05, 3.63) is 16.4 Å². The van der Waals surface area contributed by atoms with Crippen LogP contribution in [0.4, 0.5) is 13.2 Å². The summed E-state index contributed by atoms with van der Waals surface area (Å²) in [5.41, 5.74) is 0. The fourth-order valence-electron chi connectivity index (χ4n) is 0.574. The van der Waals surface area contributed by atoms with Gasteiger partial charge in [0.1, 0.15) is 0 Å². The lowest BCUT2D eigenvalue weighted by atomic mass is 10.4. The monoisotopic (exact) mass is 260 g/mol. The van der Waals surface area contributed by atoms with Crippen LogP contribution in [-0.2, 0) is 0 Å². The molecule has 0 aliphatic rings. The van der Waals surface area contributed by atoms with E-state index < -0.39 is 11.9 Å². The zero-order valence-corrected chi connectivity index (χ0v) is 9.03. The first kappa shape index (κ1) is 11.8. The van der Waals surface area contributed by atoms with Crippen LogP contribution in [0.2, 0.25) is 4.47 Å². The molecule has 0 atom stereocenters. The lowest BCUT2D eigenvalue weighted by Crippen LogP contribution is -1.82. The summed E-state index contributed by atoms with van der Waals surface area (Å²) in [5, 5.41) is 7.14. The molecule has 0 fully saturated rings. The molecule has 0 bridgehead atoms. The number of halogens is 4. The van der Waals surface area contributed by atoms with Crippen molar-refractivity contribution in [3.63, 3.8) is 0 Å². The number of rotatable bonds is 4. The molecule has 1 aromatic rings. The molecule has 1 aromatic heterocycles. The smallest absolute Gasteiger partial charge is 0.206 e. The van der Waals surface area contributed by atoms with Crippen molar-refractivity contribution in [1.29, 1.82) is 0 Å². The van der Waals surface area contributed by atoms with Gasteiger partial charge in [-0.15, -0.1) is 10.2 Å². The first-order valence-electron chi connectivity index (χ1n) is 3.41. The summed E-state index contributed by atoms with van der Waals surface area (Å²) in [6.07, 6.45) is -2.58. The number of nitrogens with zero attached hydrogens (tertiary/aromatic N) is 2. The lowest BCUT2D eigenvalue weighted by molar-refractivity contribution is 0.373. The van der Waals surface area contributed by atoms with Gasteiger partial charge in [-0.05, 0) is 11.6 Å². The summed E-state index contributed by atoms with van der Waals surface area (Å²) in [5.74, 6) is -1.19. The van der Waals surface area contributed by atoms with Crippen LogP contribution >= 0.6 is 34.7 Å². The van der Waals surface area contributed by atoms with E-state index >= 15 is 0 Å². The van der Waals surface area contributed by atoms with Gasteiger partial charge < -0.3 is 0 Å². The van der Waals surface area contributed by atoms with E-state index in [1.807, 2.05) is 0 Å². The number of thioether (sulfide) groups is 1. The molecule has 2 nitrogen and oxygen atoms in total. The molecule has 0 aromatic carbocycles. The molecule has 1 rings (SSSR count). The van der Waals surface area contributed by atoms with Gasteiger partial charge in [0, 0.05) is 12.2 Å². The minimum atomic E-state index is -2.26. The van der Waals surface area contributed by atoms with Gasteiger partial charge in [0.25, 0.3) is 0 Å². The van der Waals surface area contributed by atoms with Gasteiger partial charge >= 0.3 is 6.08 Å². The van der Waals surface area contributed by atoms with Crippen LogP contribution in [0.5, 0.6) is 0 Å². The van der Waals surface area contributed by atoms with Gasteiger partial charge in [0.05, 0.1) is 0 Å². The van der Waals surface area contributed by atoms with E-state index in [4.69, 9.17) is 11.6 Å². The van der Waals surface area contributed by atoms with Crippen LogP contribution < -0.4 is 0 Å². The Morgan fingerprint density at radius 1 is 1.36 bits per heavy atom. The Balaban J connectivity index is 2.32. The topological polar surface area (TPSA) is 25.8 Å². The Bertz CT molecular complexity index is 338. The van der Waals surface area contributed by atoms with Crippen LogP contribution in [-0.4, -0.2) is 16.0 Å². The van der Waals surface area contributed by atoms with E-state index in [1.54, 1.807) is 0 Å². The average Bonchev–Trinajstić information content (AvgIpc) is 2.51. The maximum absolute atomic E-state index is 12.3. The molecular weight excluding hydrogens is 257 g/mol. The first-order valence-corrected chi connectivity index (χ1v) is 5.59. The molecule has 0 saturated carbocycles. The molecular formula is C6H4ClF3N2S2. The second-order valence-electron chi connectivity index (χ2n) is 2.08. The Kier molecular flexibility index (Phi) is 4.70. The second-order valence-corrected chi connectivity index (χ2v) is 4.99. The Labute approximate surface area is 91.2 Å². The van der Waals surface area contributed by atoms with Gasteiger partial charge in [-0.3, -0.25) is 0 Å². The molecule has 0 unspecified atom stereocenters. The largest absolute Gasteiger partial charge is 0.301 e. The highest BCUT2D eigenvalue weighted by Gasteiger charge is 2.07. The zero-order valence-electron chi connectivity index (χ0n) is 6.64. The Morgan fingerprint density at radius 3 is 2.57 bits per heavy atom. The van der Waals surface area contributed by atoms with Crippen LogP contribution in [0, 0.1) is 0 Å². The third-order valence-electron chi connectivity index (χ3n) is 1.13. The Morgan fingerprint density at radius 2 is 2.07 bits per heavy atom. The molecule has 78 valence electrons. The van der Waals surface area contributed by atoms with Crippen molar-refractivity contribution in [3.8, 4) is 0 Å². The van der Waals surface area contributed by atoms with E-state index in [0.717, 1.165) is 23.1 Å². The van der Waals surface area contributed by atoms with Gasteiger partial charge in [0.2, 0.25) is 4.47 Å². The summed E-state index contributed by atoms with van der Waals surface area (Å²) in [6.45, 7) is 0. The maximum Gasteiger partial charge on any atom is 0.301 e. The molecule has 1 heterocycles. The summed E-state index contributed by atoms with van der Waals surface area (Å²) >= 11 is 7.75. The van der Waals surface area contributed by atoms with Crippen LogP contribution in [0.3, 0.4) is 0 Å². The number of aromatic nitrogens is 2. The fourth-order valence-corrected chi connectivity index (χ4v) is 2.55. The van der Waals surface area contributed by atoms with E-state index in [9.17, 15) is 13.2 Å². The standard InChI is InChI=1S/C6H4ClF3N2S2/c7-5-11-12-6(14-5)13-2-1-3(8)4(9)10/h1-2H2. The lowest BCUT2D eigenvalue weighted by Gasteiger charge is -1.93. The molecule has 0 radical (unpaired) electrons. The summed E-state index contributed by atoms with van der Waals surface area (Å²) < 4.78 is 36.3. The average molecular weight is 261 g/mol. The SMILES string of the molecule is FC(F)=C(F)CCSc1nnc(Cl)s1. The van der Waals surface area contributed by atoms with E-state index in [2.05, 4.69) is 10.2 Å². The number of hydrogen-bond acceptors (Lipinski definition) is 4. The van der Waals surface area contributed by atoms with Gasteiger partial charge in [-0.2, -0.15) is 8.78 Å². The van der Waals surface area contributed by atoms with Crippen molar-refractivity contribution >= 4 is 34.7 Å². The molecule has 0 spiro atoms. The maximum atomic E-state index is 12.3. The first-order chi connectivity index (χ1) is 6.59. The number of hydrogen-bond donors (Lipinski definition) is 0. The predicted molar refractivity (Wildman–Crippen MR) is 50.6 cm³/mol. The molecule has 8 heteroatoms. The fraction of sp³-hybridized carbons (Fsp3) is 0.333. The zero-order chi connectivity index (χ0) is 10.6. The van der Waals surface area contributed by atoms with Gasteiger partial charge in [-0.1, -0.05) is 23.1 Å². The highest BCUT2D eigenvalue weighted by atomic mass is 35.5. The summed E-state index contributed by atoms with van der Waals surface area (Å²) in [4.78, 5) is 0. The van der Waals surface area contributed by atoms with Crippen molar-refractivity contribution in [1.82, 2.24) is 10.2 Å². The second kappa shape index (κ2) is 5.57. The van der Waals surface area contributed by atoms with Crippen molar-refractivity contribution in [2.45, 2.75) is 10.8 Å². The van der Waals surface area contributed by atoms with E-state index in [1.165, 1.54) is 0 Å². The predicted octanol–water partition coefficient (Wildman–Crippen LogP) is 3.75. The quantitative estimate of drug-likeness (QED) is 0.771. The van der Waals surface area contributed by atoms with E-state index in [-0.39, 0.29) is 16.6 Å². The van der Waals surface area contributed by atoms with Crippen molar-refractivity contribution < 1.29 is 13.2 Å². The third kappa shape index (κ3) is 3.85. The molecule has 0 aliphatic heterocycles. The van der Waals surface area contributed by atoms with Crippen molar-refractivity contribution in [2.75, 3.05) is 5.75 Å². The molecule has 14 heavy (non-hydrogen) atoms. The molecule has 0 saturated heterocycles. The summed E-state index contributed by atoms with van der Waals surface area (Å²) in [6, 6.07) is 0.